The molecule has 2 aromatic heterocycles. The molecule has 0 saturated carbocycles. The highest BCUT2D eigenvalue weighted by atomic mass is 32.1. The molecule has 116 valence electrons. The minimum absolute atomic E-state index is 0.0379. The maximum atomic E-state index is 13.5. The van der Waals surface area contributed by atoms with E-state index >= 15 is 0 Å². The van der Waals surface area contributed by atoms with E-state index in [2.05, 4.69) is 15.3 Å². The van der Waals surface area contributed by atoms with Gasteiger partial charge in [0.25, 0.3) is 0 Å². The number of thiazole rings is 1. The molecule has 1 aromatic carbocycles. The molecule has 0 unspecified atom stereocenters. The van der Waals surface area contributed by atoms with Gasteiger partial charge < -0.3 is 11.1 Å². The fraction of sp³-hybridized carbons (Fsp3) is 0.0625. The number of anilines is 2. The maximum absolute atomic E-state index is 13.5. The van der Waals surface area contributed by atoms with Crippen LogP contribution in [0.4, 0.5) is 15.3 Å². The second-order valence-corrected chi connectivity index (χ2v) is 5.68. The van der Waals surface area contributed by atoms with E-state index in [-0.39, 0.29) is 12.3 Å². The van der Waals surface area contributed by atoms with Gasteiger partial charge in [-0.2, -0.15) is 0 Å². The number of nitrogen functional groups attached to an aromatic ring is 1. The zero-order valence-corrected chi connectivity index (χ0v) is 12.8. The molecule has 3 aromatic rings. The van der Waals surface area contributed by atoms with Gasteiger partial charge in [0.15, 0.2) is 5.13 Å². The normalized spacial score (nSPS) is 10.5. The molecule has 2 heterocycles. The average molecular weight is 328 g/mol. The van der Waals surface area contributed by atoms with Crippen LogP contribution in [0, 0.1) is 5.82 Å². The van der Waals surface area contributed by atoms with Gasteiger partial charge in [-0.25, -0.2) is 14.4 Å². The van der Waals surface area contributed by atoms with Crippen molar-refractivity contribution in [1.29, 1.82) is 0 Å². The second-order valence-electron chi connectivity index (χ2n) is 4.82. The Hall–Kier alpha value is -2.80. The molecule has 0 fully saturated rings. The van der Waals surface area contributed by atoms with Gasteiger partial charge in [0.1, 0.15) is 11.6 Å². The Balaban J connectivity index is 1.69. The lowest BCUT2D eigenvalue weighted by atomic mass is 10.1. The Bertz CT molecular complexity index is 849. The van der Waals surface area contributed by atoms with Crippen LogP contribution in [0.5, 0.6) is 0 Å². The van der Waals surface area contributed by atoms with E-state index in [1.54, 1.807) is 36.5 Å². The minimum atomic E-state index is -0.394. The molecule has 5 nitrogen and oxygen atoms in total. The number of carbonyl (C=O) groups excluding carboxylic acids is 1. The molecule has 1 amide bonds. The number of amides is 1. The lowest BCUT2D eigenvalue weighted by Gasteiger charge is -2.03. The van der Waals surface area contributed by atoms with E-state index in [1.165, 1.54) is 17.4 Å². The van der Waals surface area contributed by atoms with Crippen molar-refractivity contribution in [1.82, 2.24) is 9.97 Å². The van der Waals surface area contributed by atoms with Gasteiger partial charge >= 0.3 is 0 Å². The summed E-state index contributed by atoms with van der Waals surface area (Å²) >= 11 is 1.30. The lowest BCUT2D eigenvalue weighted by molar-refractivity contribution is -0.115. The highest BCUT2D eigenvalue weighted by Gasteiger charge is 2.11. The molecule has 0 aliphatic heterocycles. The van der Waals surface area contributed by atoms with E-state index < -0.39 is 5.82 Å². The highest BCUT2D eigenvalue weighted by molar-refractivity contribution is 7.14. The third-order valence-corrected chi connectivity index (χ3v) is 3.89. The first kappa shape index (κ1) is 15.1. The Morgan fingerprint density at radius 1 is 1.30 bits per heavy atom. The van der Waals surface area contributed by atoms with Crippen LogP contribution in [-0.4, -0.2) is 15.9 Å². The summed E-state index contributed by atoms with van der Waals surface area (Å²) in [7, 11) is 0. The number of benzene rings is 1. The standard InChI is InChI=1S/C16H13FN4OS/c17-12-4-2-1-3-10(12)8-15(22)21-16-20-13(9-23-16)11-5-6-19-14(18)7-11/h1-7,9H,8H2,(H2,18,19)(H,20,21,22). The fourth-order valence-electron chi connectivity index (χ4n) is 2.05. The van der Waals surface area contributed by atoms with Crippen LogP contribution >= 0.6 is 11.3 Å². The number of pyridine rings is 1. The van der Waals surface area contributed by atoms with Crippen LogP contribution in [-0.2, 0) is 11.2 Å². The number of nitrogens with zero attached hydrogens (tertiary/aromatic N) is 2. The Kier molecular flexibility index (Phi) is 4.29. The first-order chi connectivity index (χ1) is 11.1. The van der Waals surface area contributed by atoms with Crippen molar-refractivity contribution in [3.8, 4) is 11.3 Å². The molecule has 7 heteroatoms. The van der Waals surface area contributed by atoms with Gasteiger partial charge in [-0.3, -0.25) is 4.79 Å². The van der Waals surface area contributed by atoms with Crippen LogP contribution in [0.25, 0.3) is 11.3 Å². The molecule has 3 rings (SSSR count). The molecule has 0 atom stereocenters. The van der Waals surface area contributed by atoms with Crippen molar-refractivity contribution in [2.45, 2.75) is 6.42 Å². The summed E-state index contributed by atoms with van der Waals surface area (Å²) in [6.07, 6.45) is 1.56. The van der Waals surface area contributed by atoms with Crippen LogP contribution < -0.4 is 11.1 Å². The molecular formula is C16H13FN4OS. The monoisotopic (exact) mass is 328 g/mol. The van der Waals surface area contributed by atoms with E-state index in [0.717, 1.165) is 5.56 Å². The number of carbonyl (C=O) groups is 1. The molecule has 0 radical (unpaired) electrons. The quantitative estimate of drug-likeness (QED) is 0.771. The Labute approximate surface area is 136 Å². The van der Waals surface area contributed by atoms with Crippen LogP contribution in [0.3, 0.4) is 0 Å². The van der Waals surface area contributed by atoms with Gasteiger partial charge in [-0.1, -0.05) is 18.2 Å². The first-order valence-corrected chi connectivity index (χ1v) is 7.70. The molecule has 0 saturated heterocycles. The third-order valence-electron chi connectivity index (χ3n) is 3.14. The summed E-state index contributed by atoms with van der Waals surface area (Å²) < 4.78 is 13.5. The Morgan fingerprint density at radius 3 is 2.91 bits per heavy atom. The first-order valence-electron chi connectivity index (χ1n) is 6.82. The van der Waals surface area contributed by atoms with Gasteiger partial charge in [-0.15, -0.1) is 11.3 Å². The van der Waals surface area contributed by atoms with Crippen molar-refractivity contribution >= 4 is 28.2 Å². The molecular weight excluding hydrogens is 315 g/mol. The molecule has 0 bridgehead atoms. The summed E-state index contributed by atoms with van der Waals surface area (Å²) in [6.45, 7) is 0. The number of hydrogen-bond donors (Lipinski definition) is 2. The van der Waals surface area contributed by atoms with Gasteiger partial charge in [0.05, 0.1) is 12.1 Å². The van der Waals surface area contributed by atoms with Gasteiger partial charge in [0, 0.05) is 17.1 Å². The van der Waals surface area contributed by atoms with E-state index in [1.807, 2.05) is 5.38 Å². The molecule has 0 aliphatic rings. The summed E-state index contributed by atoms with van der Waals surface area (Å²) in [5.41, 5.74) is 7.52. The predicted octanol–water partition coefficient (Wildman–Crippen LogP) is 3.11. The molecule has 3 N–H and O–H groups in total. The number of rotatable bonds is 4. The topological polar surface area (TPSA) is 80.9 Å². The lowest BCUT2D eigenvalue weighted by Crippen LogP contribution is -2.15. The van der Waals surface area contributed by atoms with Crippen molar-refractivity contribution in [2.75, 3.05) is 11.1 Å². The van der Waals surface area contributed by atoms with E-state index in [4.69, 9.17) is 5.73 Å². The third kappa shape index (κ3) is 3.70. The predicted molar refractivity (Wildman–Crippen MR) is 88.5 cm³/mol. The number of nitrogens with two attached hydrogens (primary N) is 1. The fourth-order valence-corrected chi connectivity index (χ4v) is 2.79. The highest BCUT2D eigenvalue weighted by Crippen LogP contribution is 2.25. The maximum Gasteiger partial charge on any atom is 0.230 e. The molecule has 23 heavy (non-hydrogen) atoms. The Morgan fingerprint density at radius 2 is 2.13 bits per heavy atom. The van der Waals surface area contributed by atoms with Gasteiger partial charge in [0.2, 0.25) is 5.91 Å². The largest absolute Gasteiger partial charge is 0.384 e. The average Bonchev–Trinajstić information content (AvgIpc) is 2.98. The van der Waals surface area contributed by atoms with Crippen molar-refractivity contribution in [3.63, 3.8) is 0 Å². The summed E-state index contributed by atoms with van der Waals surface area (Å²) in [5.74, 6) is -0.305. The number of hydrogen-bond acceptors (Lipinski definition) is 5. The molecule has 0 aliphatic carbocycles. The zero-order valence-electron chi connectivity index (χ0n) is 12.0. The van der Waals surface area contributed by atoms with Crippen molar-refractivity contribution < 1.29 is 9.18 Å². The summed E-state index contributed by atoms with van der Waals surface area (Å²) in [5, 5.41) is 4.95. The number of aromatic nitrogens is 2. The van der Waals surface area contributed by atoms with Gasteiger partial charge in [-0.05, 0) is 23.8 Å². The minimum Gasteiger partial charge on any atom is -0.384 e. The van der Waals surface area contributed by atoms with E-state index in [9.17, 15) is 9.18 Å². The second kappa shape index (κ2) is 6.53. The SMILES string of the molecule is Nc1cc(-c2csc(NC(=O)Cc3ccccc3F)n2)ccn1. The van der Waals surface area contributed by atoms with Crippen molar-refractivity contribution in [3.05, 3.63) is 59.4 Å². The smallest absolute Gasteiger partial charge is 0.230 e. The van der Waals surface area contributed by atoms with Crippen LogP contribution in [0.15, 0.2) is 48.0 Å². The molecule has 0 spiro atoms. The number of nitrogens with one attached hydrogen (secondary N) is 1. The summed E-state index contributed by atoms with van der Waals surface area (Å²) in [6, 6.07) is 9.70. The van der Waals surface area contributed by atoms with E-state index in [0.29, 0.717) is 22.2 Å². The van der Waals surface area contributed by atoms with Crippen molar-refractivity contribution in [2.24, 2.45) is 0 Å². The van der Waals surface area contributed by atoms with Crippen LogP contribution in [0.1, 0.15) is 5.56 Å². The number of halogens is 1. The van der Waals surface area contributed by atoms with Crippen LogP contribution in [0.2, 0.25) is 0 Å². The summed E-state index contributed by atoms with van der Waals surface area (Å²) in [4.78, 5) is 20.3. The zero-order chi connectivity index (χ0) is 16.2.